The van der Waals surface area contributed by atoms with Crippen molar-refractivity contribution in [2.75, 3.05) is 12.4 Å². The summed E-state index contributed by atoms with van der Waals surface area (Å²) in [5.41, 5.74) is 1.47. The highest BCUT2D eigenvalue weighted by atomic mass is 16.5. The Kier molecular flexibility index (Phi) is 5.06. The first-order valence-corrected chi connectivity index (χ1v) is 9.42. The SMILES string of the molecule is COc1ccc(OC(C)C(=O)Nc2cccc3c2C(=O)c2ccccc2C3=O)cc1. The first-order chi connectivity index (χ1) is 14.5. The molecule has 0 spiro atoms. The molecule has 0 saturated carbocycles. The minimum atomic E-state index is -0.823. The van der Waals surface area contributed by atoms with Gasteiger partial charge in [0.05, 0.1) is 18.4 Å². The third-order valence-electron chi connectivity index (χ3n) is 4.95. The Hall–Kier alpha value is -3.93. The summed E-state index contributed by atoms with van der Waals surface area (Å²) in [5, 5.41) is 2.73. The number of nitrogens with one attached hydrogen (secondary N) is 1. The predicted molar refractivity (Wildman–Crippen MR) is 111 cm³/mol. The van der Waals surface area contributed by atoms with E-state index in [1.54, 1.807) is 80.8 Å². The number of ketones is 2. The summed E-state index contributed by atoms with van der Waals surface area (Å²) in [6, 6.07) is 18.4. The number of amides is 1. The molecule has 6 heteroatoms. The molecule has 0 aromatic heterocycles. The first kappa shape index (κ1) is 19.4. The molecule has 150 valence electrons. The molecule has 1 amide bonds. The van der Waals surface area contributed by atoms with Crippen molar-refractivity contribution < 1.29 is 23.9 Å². The van der Waals surface area contributed by atoms with Crippen LogP contribution in [0.2, 0.25) is 0 Å². The fourth-order valence-corrected chi connectivity index (χ4v) is 3.40. The van der Waals surface area contributed by atoms with Crippen LogP contribution in [0, 0.1) is 0 Å². The van der Waals surface area contributed by atoms with Crippen LogP contribution in [0.5, 0.6) is 11.5 Å². The lowest BCUT2D eigenvalue weighted by atomic mass is 9.83. The van der Waals surface area contributed by atoms with Crippen LogP contribution >= 0.6 is 0 Å². The van der Waals surface area contributed by atoms with Crippen LogP contribution in [0.3, 0.4) is 0 Å². The quantitative estimate of drug-likeness (QED) is 0.549. The zero-order valence-electron chi connectivity index (χ0n) is 16.5. The number of carbonyl (C=O) groups excluding carboxylic acids is 3. The number of hydrogen-bond acceptors (Lipinski definition) is 5. The summed E-state index contributed by atoms with van der Waals surface area (Å²) in [5.74, 6) is 0.226. The Morgan fingerprint density at radius 1 is 0.800 bits per heavy atom. The van der Waals surface area contributed by atoms with Crippen LogP contribution in [-0.2, 0) is 4.79 Å². The largest absolute Gasteiger partial charge is 0.497 e. The van der Waals surface area contributed by atoms with Crippen molar-refractivity contribution in [2.24, 2.45) is 0 Å². The van der Waals surface area contributed by atoms with Crippen LogP contribution in [0.15, 0.2) is 66.7 Å². The Labute approximate surface area is 173 Å². The lowest BCUT2D eigenvalue weighted by Crippen LogP contribution is -2.31. The fourth-order valence-electron chi connectivity index (χ4n) is 3.40. The minimum absolute atomic E-state index is 0.200. The number of anilines is 1. The molecular formula is C24H19NO5. The van der Waals surface area contributed by atoms with Gasteiger partial charge in [-0.25, -0.2) is 0 Å². The van der Waals surface area contributed by atoms with E-state index >= 15 is 0 Å². The van der Waals surface area contributed by atoms with Crippen molar-refractivity contribution in [1.29, 1.82) is 0 Å². The van der Waals surface area contributed by atoms with E-state index in [2.05, 4.69) is 5.32 Å². The van der Waals surface area contributed by atoms with Crippen LogP contribution in [0.1, 0.15) is 38.8 Å². The molecule has 0 fully saturated rings. The molecule has 0 saturated heterocycles. The molecule has 1 aliphatic rings. The van der Waals surface area contributed by atoms with Crippen molar-refractivity contribution in [3.8, 4) is 11.5 Å². The molecule has 0 aliphatic heterocycles. The average Bonchev–Trinajstić information content (AvgIpc) is 2.78. The second kappa shape index (κ2) is 7.83. The molecule has 6 nitrogen and oxygen atoms in total. The normalized spacial score (nSPS) is 13.1. The number of hydrogen-bond donors (Lipinski definition) is 1. The van der Waals surface area contributed by atoms with Gasteiger partial charge >= 0.3 is 0 Å². The van der Waals surface area contributed by atoms with E-state index in [1.165, 1.54) is 0 Å². The Morgan fingerprint density at radius 3 is 2.07 bits per heavy atom. The van der Waals surface area contributed by atoms with E-state index in [0.717, 1.165) is 0 Å². The van der Waals surface area contributed by atoms with E-state index in [1.807, 2.05) is 0 Å². The molecule has 0 radical (unpaired) electrons. The predicted octanol–water partition coefficient (Wildman–Crippen LogP) is 3.88. The number of methoxy groups -OCH3 is 1. The molecule has 1 atom stereocenters. The molecule has 30 heavy (non-hydrogen) atoms. The number of rotatable bonds is 5. The summed E-state index contributed by atoms with van der Waals surface area (Å²) < 4.78 is 10.8. The molecule has 0 heterocycles. The topological polar surface area (TPSA) is 81.7 Å². The van der Waals surface area contributed by atoms with Gasteiger partial charge in [-0.15, -0.1) is 0 Å². The summed E-state index contributed by atoms with van der Waals surface area (Å²) in [6.45, 7) is 1.61. The molecule has 3 aromatic rings. The molecule has 4 rings (SSSR count). The van der Waals surface area contributed by atoms with Crippen molar-refractivity contribution in [3.63, 3.8) is 0 Å². The molecule has 1 unspecified atom stereocenters. The third-order valence-corrected chi connectivity index (χ3v) is 4.95. The smallest absolute Gasteiger partial charge is 0.265 e. The third kappa shape index (κ3) is 3.43. The molecule has 1 aliphatic carbocycles. The van der Waals surface area contributed by atoms with Crippen LogP contribution < -0.4 is 14.8 Å². The summed E-state index contributed by atoms with van der Waals surface area (Å²) in [4.78, 5) is 38.6. The fraction of sp³-hybridized carbons (Fsp3) is 0.125. The average molecular weight is 401 g/mol. The first-order valence-electron chi connectivity index (χ1n) is 9.42. The lowest BCUT2D eigenvalue weighted by molar-refractivity contribution is -0.122. The molecule has 1 N–H and O–H groups in total. The van der Waals surface area contributed by atoms with E-state index in [0.29, 0.717) is 22.6 Å². The lowest BCUT2D eigenvalue weighted by Gasteiger charge is -2.21. The van der Waals surface area contributed by atoms with Gasteiger partial charge in [0.15, 0.2) is 17.7 Å². The van der Waals surface area contributed by atoms with E-state index in [9.17, 15) is 14.4 Å². The van der Waals surface area contributed by atoms with Gasteiger partial charge in [-0.2, -0.15) is 0 Å². The van der Waals surface area contributed by atoms with Gasteiger partial charge in [0, 0.05) is 16.7 Å². The monoisotopic (exact) mass is 401 g/mol. The van der Waals surface area contributed by atoms with Gasteiger partial charge in [-0.05, 0) is 37.3 Å². The van der Waals surface area contributed by atoms with Crippen molar-refractivity contribution in [1.82, 2.24) is 0 Å². The number of carbonyl (C=O) groups is 3. The second-order valence-corrected chi connectivity index (χ2v) is 6.86. The second-order valence-electron chi connectivity index (χ2n) is 6.86. The highest BCUT2D eigenvalue weighted by molar-refractivity contribution is 6.30. The number of benzene rings is 3. The van der Waals surface area contributed by atoms with Gasteiger partial charge in [0.1, 0.15) is 11.5 Å². The highest BCUT2D eigenvalue weighted by Crippen LogP contribution is 2.32. The van der Waals surface area contributed by atoms with E-state index in [-0.39, 0.29) is 28.4 Å². The molecular weight excluding hydrogens is 382 g/mol. The number of fused-ring (bicyclic) bond motifs is 2. The van der Waals surface area contributed by atoms with E-state index < -0.39 is 12.0 Å². The zero-order chi connectivity index (χ0) is 21.3. The standard InChI is InChI=1S/C24H19NO5/c1-14(30-16-12-10-15(29-2)11-13-16)24(28)25-20-9-5-8-19-21(20)23(27)18-7-4-3-6-17(18)22(19)26/h3-14H,1-2H3,(H,25,28). The van der Waals surface area contributed by atoms with Gasteiger partial charge in [0.2, 0.25) is 0 Å². The maximum atomic E-state index is 13.0. The van der Waals surface area contributed by atoms with Gasteiger partial charge in [0.25, 0.3) is 5.91 Å². The van der Waals surface area contributed by atoms with Crippen LogP contribution in [0.4, 0.5) is 5.69 Å². The number of ether oxygens (including phenoxy) is 2. The zero-order valence-corrected chi connectivity index (χ0v) is 16.5. The van der Waals surface area contributed by atoms with Crippen molar-refractivity contribution in [2.45, 2.75) is 13.0 Å². The van der Waals surface area contributed by atoms with Crippen LogP contribution in [0.25, 0.3) is 0 Å². The van der Waals surface area contributed by atoms with Crippen molar-refractivity contribution >= 4 is 23.2 Å². The maximum Gasteiger partial charge on any atom is 0.265 e. The molecule has 3 aromatic carbocycles. The van der Waals surface area contributed by atoms with Crippen LogP contribution in [-0.4, -0.2) is 30.7 Å². The van der Waals surface area contributed by atoms with E-state index in [4.69, 9.17) is 9.47 Å². The van der Waals surface area contributed by atoms with Gasteiger partial charge < -0.3 is 14.8 Å². The summed E-state index contributed by atoms with van der Waals surface area (Å²) in [7, 11) is 1.57. The highest BCUT2D eigenvalue weighted by Gasteiger charge is 2.32. The summed E-state index contributed by atoms with van der Waals surface area (Å²) >= 11 is 0. The molecule has 0 bridgehead atoms. The Morgan fingerprint density at radius 2 is 1.40 bits per heavy atom. The Bertz CT molecular complexity index is 1150. The van der Waals surface area contributed by atoms with Gasteiger partial charge in [-0.1, -0.05) is 36.4 Å². The summed E-state index contributed by atoms with van der Waals surface area (Å²) in [6.07, 6.45) is -0.823. The minimum Gasteiger partial charge on any atom is -0.497 e. The van der Waals surface area contributed by atoms with Crippen molar-refractivity contribution in [3.05, 3.63) is 89.0 Å². The Balaban J connectivity index is 1.57. The maximum absolute atomic E-state index is 13.0. The van der Waals surface area contributed by atoms with Gasteiger partial charge in [-0.3, -0.25) is 14.4 Å².